The summed E-state index contributed by atoms with van der Waals surface area (Å²) in [7, 11) is 3.54. The summed E-state index contributed by atoms with van der Waals surface area (Å²) >= 11 is 0. The van der Waals surface area contributed by atoms with Crippen LogP contribution in [0.2, 0.25) is 0 Å². The third-order valence-electron chi connectivity index (χ3n) is 3.84. The molecule has 0 bridgehead atoms. The molecular weight excluding hydrogens is 242 g/mol. The van der Waals surface area contributed by atoms with Crippen LogP contribution >= 0.6 is 0 Å². The highest BCUT2D eigenvalue weighted by molar-refractivity contribution is 5.75. The maximum Gasteiger partial charge on any atom is 0.311 e. The molecule has 0 aromatic heterocycles. The van der Waals surface area contributed by atoms with Crippen molar-refractivity contribution in [1.82, 2.24) is 0 Å². The van der Waals surface area contributed by atoms with Crippen molar-refractivity contribution >= 4 is 11.7 Å². The minimum Gasteiger partial charge on any atom is -0.497 e. The Morgan fingerprint density at radius 2 is 2.00 bits per heavy atom. The fourth-order valence-corrected chi connectivity index (χ4v) is 2.24. The Hall–Kier alpha value is -1.71. The van der Waals surface area contributed by atoms with Crippen LogP contribution in [0.3, 0.4) is 0 Å². The standard InChI is InChI=1S/C15H23NO3/c1-5-15(6-2,14(17)18)11-16(3)12-8-7-9-13(10-12)19-4/h7-10H,5-6,11H2,1-4H3,(H,17,18). The fraction of sp³-hybridized carbons (Fsp3) is 0.533. The molecule has 0 fully saturated rings. The van der Waals surface area contributed by atoms with E-state index in [2.05, 4.69) is 0 Å². The molecule has 106 valence electrons. The summed E-state index contributed by atoms with van der Waals surface area (Å²) in [5.41, 5.74) is 0.268. The van der Waals surface area contributed by atoms with Gasteiger partial charge in [0.1, 0.15) is 5.75 Å². The second-order valence-corrected chi connectivity index (χ2v) is 4.85. The average molecular weight is 265 g/mol. The van der Waals surface area contributed by atoms with Crippen molar-refractivity contribution in [1.29, 1.82) is 0 Å². The SMILES string of the molecule is CCC(CC)(CN(C)c1cccc(OC)c1)C(=O)O. The van der Waals surface area contributed by atoms with E-state index in [0.29, 0.717) is 19.4 Å². The molecule has 0 spiro atoms. The van der Waals surface area contributed by atoms with Gasteiger partial charge in [-0.05, 0) is 25.0 Å². The molecule has 4 heteroatoms. The molecule has 0 unspecified atom stereocenters. The first-order valence-electron chi connectivity index (χ1n) is 6.57. The predicted octanol–water partition coefficient (Wildman–Crippen LogP) is 3.02. The summed E-state index contributed by atoms with van der Waals surface area (Å²) in [5, 5.41) is 9.47. The van der Waals surface area contributed by atoms with Crippen LogP contribution in [-0.4, -0.2) is 31.8 Å². The van der Waals surface area contributed by atoms with Gasteiger partial charge in [-0.2, -0.15) is 0 Å². The zero-order valence-electron chi connectivity index (χ0n) is 12.1. The Morgan fingerprint density at radius 3 is 2.47 bits per heavy atom. The lowest BCUT2D eigenvalue weighted by Gasteiger charge is -2.33. The number of ether oxygens (including phenoxy) is 1. The zero-order valence-corrected chi connectivity index (χ0v) is 12.1. The Morgan fingerprint density at radius 1 is 1.37 bits per heavy atom. The summed E-state index contributed by atoms with van der Waals surface area (Å²) in [6.07, 6.45) is 1.24. The number of methoxy groups -OCH3 is 1. The molecule has 1 N–H and O–H groups in total. The summed E-state index contributed by atoms with van der Waals surface area (Å²) in [6, 6.07) is 7.66. The van der Waals surface area contributed by atoms with Crippen LogP contribution in [0, 0.1) is 5.41 Å². The van der Waals surface area contributed by atoms with Crippen LogP contribution in [-0.2, 0) is 4.79 Å². The highest BCUT2D eigenvalue weighted by Crippen LogP contribution is 2.30. The Bertz CT molecular complexity index is 427. The van der Waals surface area contributed by atoms with Crippen molar-refractivity contribution < 1.29 is 14.6 Å². The van der Waals surface area contributed by atoms with E-state index in [4.69, 9.17) is 4.74 Å². The number of anilines is 1. The van der Waals surface area contributed by atoms with Crippen LogP contribution in [0.5, 0.6) is 5.75 Å². The Labute approximate surface area is 115 Å². The summed E-state index contributed by atoms with van der Waals surface area (Å²) in [4.78, 5) is 13.5. The molecule has 0 radical (unpaired) electrons. The van der Waals surface area contributed by atoms with Gasteiger partial charge < -0.3 is 14.7 Å². The highest BCUT2D eigenvalue weighted by atomic mass is 16.5. The topological polar surface area (TPSA) is 49.8 Å². The molecule has 0 heterocycles. The monoisotopic (exact) mass is 265 g/mol. The lowest BCUT2D eigenvalue weighted by molar-refractivity contribution is -0.148. The predicted molar refractivity (Wildman–Crippen MR) is 76.9 cm³/mol. The van der Waals surface area contributed by atoms with Crippen LogP contribution in [0.25, 0.3) is 0 Å². The van der Waals surface area contributed by atoms with Gasteiger partial charge in [-0.15, -0.1) is 0 Å². The first kappa shape index (κ1) is 15.3. The molecule has 0 amide bonds. The van der Waals surface area contributed by atoms with Crippen molar-refractivity contribution in [2.45, 2.75) is 26.7 Å². The third-order valence-corrected chi connectivity index (χ3v) is 3.84. The van der Waals surface area contributed by atoms with Gasteiger partial charge in [0, 0.05) is 25.3 Å². The van der Waals surface area contributed by atoms with E-state index >= 15 is 0 Å². The van der Waals surface area contributed by atoms with E-state index in [1.165, 1.54) is 0 Å². The number of benzene rings is 1. The van der Waals surface area contributed by atoms with Crippen molar-refractivity contribution in [3.8, 4) is 5.75 Å². The molecule has 1 rings (SSSR count). The molecule has 4 nitrogen and oxygen atoms in total. The summed E-state index contributed by atoms with van der Waals surface area (Å²) in [5.74, 6) is 0.0468. The lowest BCUT2D eigenvalue weighted by atomic mass is 9.82. The van der Waals surface area contributed by atoms with Gasteiger partial charge in [0.15, 0.2) is 0 Å². The van der Waals surface area contributed by atoms with E-state index < -0.39 is 11.4 Å². The molecule has 0 saturated heterocycles. The second-order valence-electron chi connectivity index (χ2n) is 4.85. The van der Waals surface area contributed by atoms with Crippen molar-refractivity contribution in [2.75, 3.05) is 25.6 Å². The number of rotatable bonds is 7. The zero-order chi connectivity index (χ0) is 14.5. The molecule has 0 saturated carbocycles. The molecule has 1 aromatic rings. The first-order chi connectivity index (χ1) is 8.99. The van der Waals surface area contributed by atoms with E-state index in [1.807, 2.05) is 50.1 Å². The van der Waals surface area contributed by atoms with E-state index in [-0.39, 0.29) is 0 Å². The Kier molecular flexibility index (Phi) is 5.21. The summed E-state index contributed by atoms with van der Waals surface area (Å²) in [6.45, 7) is 4.34. The van der Waals surface area contributed by atoms with Gasteiger partial charge in [0.2, 0.25) is 0 Å². The molecule has 0 aliphatic heterocycles. The van der Waals surface area contributed by atoms with Crippen LogP contribution in [0.1, 0.15) is 26.7 Å². The molecule has 19 heavy (non-hydrogen) atoms. The van der Waals surface area contributed by atoms with Crippen molar-refractivity contribution in [2.24, 2.45) is 5.41 Å². The number of hydrogen-bond donors (Lipinski definition) is 1. The Balaban J connectivity index is 2.93. The highest BCUT2D eigenvalue weighted by Gasteiger charge is 2.36. The van der Waals surface area contributed by atoms with Crippen LogP contribution in [0.4, 0.5) is 5.69 Å². The van der Waals surface area contributed by atoms with Crippen molar-refractivity contribution in [3.05, 3.63) is 24.3 Å². The van der Waals surface area contributed by atoms with Crippen LogP contribution in [0.15, 0.2) is 24.3 Å². The molecule has 0 aliphatic carbocycles. The lowest BCUT2D eigenvalue weighted by Crippen LogP contribution is -2.41. The van der Waals surface area contributed by atoms with Gasteiger partial charge >= 0.3 is 5.97 Å². The van der Waals surface area contributed by atoms with Crippen LogP contribution < -0.4 is 9.64 Å². The quantitative estimate of drug-likeness (QED) is 0.823. The molecule has 0 aliphatic rings. The van der Waals surface area contributed by atoms with Gasteiger partial charge in [-0.3, -0.25) is 4.79 Å². The maximum atomic E-state index is 11.5. The van der Waals surface area contributed by atoms with Gasteiger partial charge in [0.05, 0.1) is 12.5 Å². The fourth-order valence-electron chi connectivity index (χ4n) is 2.24. The van der Waals surface area contributed by atoms with Crippen molar-refractivity contribution in [3.63, 3.8) is 0 Å². The van der Waals surface area contributed by atoms with Gasteiger partial charge in [-0.1, -0.05) is 19.9 Å². The number of carbonyl (C=O) groups is 1. The number of aliphatic carboxylic acids is 1. The molecule has 1 aromatic carbocycles. The molecular formula is C15H23NO3. The smallest absolute Gasteiger partial charge is 0.311 e. The normalized spacial score (nSPS) is 11.2. The van der Waals surface area contributed by atoms with E-state index in [1.54, 1.807) is 7.11 Å². The summed E-state index contributed by atoms with van der Waals surface area (Å²) < 4.78 is 5.19. The molecule has 0 atom stereocenters. The number of nitrogens with zero attached hydrogens (tertiary/aromatic N) is 1. The first-order valence-corrected chi connectivity index (χ1v) is 6.57. The van der Waals surface area contributed by atoms with Gasteiger partial charge in [-0.25, -0.2) is 0 Å². The van der Waals surface area contributed by atoms with Gasteiger partial charge in [0.25, 0.3) is 0 Å². The maximum absolute atomic E-state index is 11.5. The number of carboxylic acids is 1. The number of carboxylic acid groups (broad SMARTS) is 1. The minimum absolute atomic E-state index is 0.489. The minimum atomic E-state index is -0.729. The van der Waals surface area contributed by atoms with E-state index in [9.17, 15) is 9.90 Å². The second kappa shape index (κ2) is 6.45. The number of hydrogen-bond acceptors (Lipinski definition) is 3. The third kappa shape index (κ3) is 3.40. The average Bonchev–Trinajstić information content (AvgIpc) is 2.44. The van der Waals surface area contributed by atoms with E-state index in [0.717, 1.165) is 11.4 Å². The largest absolute Gasteiger partial charge is 0.497 e.